The second kappa shape index (κ2) is 13.2. The molecule has 0 unspecified atom stereocenters. The summed E-state index contributed by atoms with van der Waals surface area (Å²) in [6.07, 6.45) is -2.44. The van der Waals surface area contributed by atoms with E-state index in [1.165, 1.54) is 12.1 Å². The third-order valence-electron chi connectivity index (χ3n) is 7.18. The Morgan fingerprint density at radius 3 is 2.20 bits per heavy atom. The number of morpholine rings is 1. The SMILES string of the molecule is CC(C)c1c(C(=O)N2CCOCC2)c(-c2ccccc2)c(-c2ccc(F)cc2)n1CC[C@@H](O)C[C@@H](O)CC(=O)O. The van der Waals surface area contributed by atoms with Crippen molar-refractivity contribution in [3.63, 3.8) is 0 Å². The van der Waals surface area contributed by atoms with Crippen LogP contribution in [0.5, 0.6) is 0 Å². The third kappa shape index (κ3) is 6.78. The monoisotopic (exact) mass is 552 g/mol. The van der Waals surface area contributed by atoms with Gasteiger partial charge >= 0.3 is 5.97 Å². The zero-order valence-electron chi connectivity index (χ0n) is 22.9. The summed E-state index contributed by atoms with van der Waals surface area (Å²) in [5, 5.41) is 29.8. The van der Waals surface area contributed by atoms with Gasteiger partial charge in [-0.1, -0.05) is 44.2 Å². The summed E-state index contributed by atoms with van der Waals surface area (Å²) >= 11 is 0. The van der Waals surface area contributed by atoms with Crippen LogP contribution in [-0.2, 0) is 16.1 Å². The molecule has 3 aromatic rings. The van der Waals surface area contributed by atoms with Gasteiger partial charge in [-0.05, 0) is 54.2 Å². The molecule has 0 bridgehead atoms. The van der Waals surface area contributed by atoms with Gasteiger partial charge in [-0.3, -0.25) is 9.59 Å². The van der Waals surface area contributed by atoms with Gasteiger partial charge in [0, 0.05) is 30.9 Å². The second-order valence-corrected chi connectivity index (χ2v) is 10.5. The second-order valence-electron chi connectivity index (χ2n) is 10.5. The number of aromatic nitrogens is 1. The number of ether oxygens (including phenoxy) is 1. The van der Waals surface area contributed by atoms with Crippen molar-refractivity contribution in [3.05, 3.63) is 71.7 Å². The molecule has 0 spiro atoms. The van der Waals surface area contributed by atoms with Gasteiger partial charge in [0.2, 0.25) is 0 Å². The van der Waals surface area contributed by atoms with Crippen LogP contribution in [-0.4, -0.2) is 75.2 Å². The van der Waals surface area contributed by atoms with Crippen LogP contribution < -0.4 is 0 Å². The largest absolute Gasteiger partial charge is 0.481 e. The molecule has 3 N–H and O–H groups in total. The molecule has 2 aromatic carbocycles. The number of aliphatic hydroxyl groups excluding tert-OH is 2. The van der Waals surface area contributed by atoms with Crippen molar-refractivity contribution in [1.82, 2.24) is 9.47 Å². The van der Waals surface area contributed by atoms with E-state index in [1.807, 2.05) is 48.7 Å². The highest BCUT2D eigenvalue weighted by molar-refractivity contribution is 6.06. The topological polar surface area (TPSA) is 112 Å². The van der Waals surface area contributed by atoms with Gasteiger partial charge in [0.1, 0.15) is 5.82 Å². The number of aliphatic carboxylic acids is 1. The summed E-state index contributed by atoms with van der Waals surface area (Å²) in [5.41, 5.74) is 4.42. The minimum atomic E-state index is -1.17. The number of hydrogen-bond donors (Lipinski definition) is 3. The minimum absolute atomic E-state index is 0.0774. The average Bonchev–Trinajstić information content (AvgIpc) is 3.27. The van der Waals surface area contributed by atoms with Gasteiger partial charge in [0.25, 0.3) is 5.91 Å². The lowest BCUT2D eigenvalue weighted by Crippen LogP contribution is -2.41. The number of carbonyl (C=O) groups is 2. The molecule has 1 saturated heterocycles. The number of nitrogens with zero attached hydrogens (tertiary/aromatic N) is 2. The van der Waals surface area contributed by atoms with Gasteiger partial charge < -0.3 is 29.5 Å². The van der Waals surface area contributed by atoms with Crippen molar-refractivity contribution in [2.24, 2.45) is 0 Å². The molecule has 1 fully saturated rings. The molecule has 4 rings (SSSR count). The molecule has 2 atom stereocenters. The first-order valence-electron chi connectivity index (χ1n) is 13.7. The molecule has 2 heterocycles. The van der Waals surface area contributed by atoms with Crippen LogP contribution in [0.15, 0.2) is 54.6 Å². The van der Waals surface area contributed by atoms with Crippen molar-refractivity contribution >= 4 is 11.9 Å². The molecule has 214 valence electrons. The summed E-state index contributed by atoms with van der Waals surface area (Å²) in [6, 6.07) is 15.8. The van der Waals surface area contributed by atoms with E-state index < -0.39 is 24.6 Å². The van der Waals surface area contributed by atoms with Crippen LogP contribution in [0, 0.1) is 5.82 Å². The van der Waals surface area contributed by atoms with Crippen molar-refractivity contribution in [3.8, 4) is 22.4 Å². The number of aliphatic hydroxyl groups is 2. The zero-order valence-corrected chi connectivity index (χ0v) is 22.9. The van der Waals surface area contributed by atoms with Gasteiger partial charge in [0.15, 0.2) is 0 Å². The first kappa shape index (κ1) is 29.5. The maximum absolute atomic E-state index is 14.2. The predicted molar refractivity (Wildman–Crippen MR) is 150 cm³/mol. The number of amides is 1. The Morgan fingerprint density at radius 1 is 0.950 bits per heavy atom. The Hall–Kier alpha value is -3.53. The number of hydrogen-bond acceptors (Lipinski definition) is 5. The highest BCUT2D eigenvalue weighted by Crippen LogP contribution is 2.43. The highest BCUT2D eigenvalue weighted by atomic mass is 19.1. The number of halogens is 1. The lowest BCUT2D eigenvalue weighted by Gasteiger charge is -2.28. The molecule has 1 amide bonds. The molecular formula is C31H37FN2O6. The molecule has 9 heteroatoms. The quantitative estimate of drug-likeness (QED) is 0.322. The molecule has 0 radical (unpaired) electrons. The Bertz CT molecular complexity index is 1300. The van der Waals surface area contributed by atoms with E-state index in [1.54, 1.807) is 17.0 Å². The molecule has 1 aromatic heterocycles. The van der Waals surface area contributed by atoms with Gasteiger partial charge in [-0.2, -0.15) is 0 Å². The van der Waals surface area contributed by atoms with E-state index in [9.17, 15) is 24.2 Å². The molecule has 8 nitrogen and oxygen atoms in total. The van der Waals surface area contributed by atoms with Crippen molar-refractivity contribution < 1.29 is 34.0 Å². The summed E-state index contributed by atoms with van der Waals surface area (Å²) in [5.74, 6) is -1.69. The number of carboxylic acid groups (broad SMARTS) is 1. The number of rotatable bonds is 11. The summed E-state index contributed by atoms with van der Waals surface area (Å²) < 4.78 is 21.5. The van der Waals surface area contributed by atoms with Crippen molar-refractivity contribution in [2.75, 3.05) is 26.3 Å². The molecule has 40 heavy (non-hydrogen) atoms. The molecule has 1 aliphatic heterocycles. The summed E-state index contributed by atoms with van der Waals surface area (Å²) in [4.78, 5) is 27.0. The minimum Gasteiger partial charge on any atom is -0.481 e. The molecule has 0 aliphatic carbocycles. The van der Waals surface area contributed by atoms with Crippen LogP contribution in [0.1, 0.15) is 55.1 Å². The summed E-state index contributed by atoms with van der Waals surface area (Å²) in [7, 11) is 0. The fourth-order valence-corrected chi connectivity index (χ4v) is 5.40. The maximum Gasteiger partial charge on any atom is 0.305 e. The number of benzene rings is 2. The van der Waals surface area contributed by atoms with E-state index >= 15 is 0 Å². The fourth-order valence-electron chi connectivity index (χ4n) is 5.40. The predicted octanol–water partition coefficient (Wildman–Crippen LogP) is 4.53. The maximum atomic E-state index is 14.2. The smallest absolute Gasteiger partial charge is 0.305 e. The van der Waals surface area contributed by atoms with Crippen LogP contribution in [0.3, 0.4) is 0 Å². The first-order chi connectivity index (χ1) is 19.2. The van der Waals surface area contributed by atoms with Gasteiger partial charge in [-0.15, -0.1) is 0 Å². The van der Waals surface area contributed by atoms with Crippen molar-refractivity contribution in [2.45, 2.75) is 57.8 Å². The van der Waals surface area contributed by atoms with Crippen LogP contribution >= 0.6 is 0 Å². The van der Waals surface area contributed by atoms with Crippen molar-refractivity contribution in [1.29, 1.82) is 0 Å². The van der Waals surface area contributed by atoms with E-state index in [4.69, 9.17) is 9.84 Å². The van der Waals surface area contributed by atoms with Crippen LogP contribution in [0.25, 0.3) is 22.4 Å². The molecular weight excluding hydrogens is 515 g/mol. The molecule has 0 saturated carbocycles. The molecule has 1 aliphatic rings. The van der Waals surface area contributed by atoms with E-state index in [0.29, 0.717) is 38.4 Å². The first-order valence-corrected chi connectivity index (χ1v) is 13.7. The Kier molecular flexibility index (Phi) is 9.73. The fraction of sp³-hybridized carbons (Fsp3) is 0.419. The lowest BCUT2D eigenvalue weighted by molar-refractivity contribution is -0.139. The van der Waals surface area contributed by atoms with Gasteiger partial charge in [-0.25, -0.2) is 4.39 Å². The van der Waals surface area contributed by atoms with E-state index in [-0.39, 0.29) is 30.5 Å². The normalized spacial score (nSPS) is 15.3. The number of carboxylic acids is 1. The van der Waals surface area contributed by atoms with Crippen LogP contribution in [0.2, 0.25) is 0 Å². The number of carbonyl (C=O) groups excluding carboxylic acids is 1. The third-order valence-corrected chi connectivity index (χ3v) is 7.18. The standard InChI is InChI=1S/C31H37FN2O6/c1-20(2)29-28(31(39)33-14-16-40-17-15-33)27(21-6-4-3-5-7-21)30(22-8-10-23(32)11-9-22)34(29)13-12-24(35)18-25(36)19-26(37)38/h3-11,20,24-25,35-36H,12-19H2,1-2H3,(H,37,38)/t24-,25-/m1/s1. The van der Waals surface area contributed by atoms with E-state index in [0.717, 1.165) is 28.1 Å². The lowest BCUT2D eigenvalue weighted by atomic mass is 9.94. The highest BCUT2D eigenvalue weighted by Gasteiger charge is 2.33. The Balaban J connectivity index is 1.89. The summed E-state index contributed by atoms with van der Waals surface area (Å²) in [6.45, 7) is 6.19. The Labute approximate surface area is 233 Å². The average molecular weight is 553 g/mol. The zero-order chi connectivity index (χ0) is 28.8. The van der Waals surface area contributed by atoms with E-state index in [2.05, 4.69) is 0 Å². The Morgan fingerprint density at radius 2 is 1.60 bits per heavy atom. The van der Waals surface area contributed by atoms with Crippen LogP contribution in [0.4, 0.5) is 4.39 Å². The van der Waals surface area contributed by atoms with Gasteiger partial charge in [0.05, 0.1) is 43.1 Å².